The van der Waals surface area contributed by atoms with Gasteiger partial charge in [0.05, 0.1) is 0 Å². The zero-order chi connectivity index (χ0) is 19.7. The number of hydrogen-bond donors (Lipinski definition) is 0. The van der Waals surface area contributed by atoms with Gasteiger partial charge in [0, 0.05) is 0 Å². The maximum atomic E-state index is 12.9. The van der Waals surface area contributed by atoms with Crippen molar-refractivity contribution in [2.75, 3.05) is 0 Å². The van der Waals surface area contributed by atoms with Crippen molar-refractivity contribution in [3.8, 4) is 11.1 Å². The first-order valence-electron chi connectivity index (χ1n) is 9.61. The van der Waals surface area contributed by atoms with E-state index < -0.39 is 18.4 Å². The van der Waals surface area contributed by atoms with Crippen LogP contribution in [0.4, 0.5) is 0 Å². The third-order valence-corrected chi connectivity index (χ3v) is 11.0. The third-order valence-electron chi connectivity index (χ3n) is 5.17. The second-order valence-corrected chi connectivity index (χ2v) is 22.8. The van der Waals surface area contributed by atoms with E-state index in [-0.39, 0.29) is 5.43 Å². The van der Waals surface area contributed by atoms with Gasteiger partial charge in [0.25, 0.3) is 0 Å². The summed E-state index contributed by atoms with van der Waals surface area (Å²) in [6, 6.07) is 24.8. The second kappa shape index (κ2) is 7.59. The normalized spacial score (nSPS) is 11.7. The van der Waals surface area contributed by atoms with Crippen LogP contribution >= 0.6 is 0 Å². The van der Waals surface area contributed by atoms with E-state index in [0.29, 0.717) is 23.0 Å². The Kier molecular flexibility index (Phi) is 5.15. The molecule has 0 fully saturated rings. The van der Waals surface area contributed by atoms with Crippen molar-refractivity contribution in [2.45, 2.75) is 21.2 Å². The van der Waals surface area contributed by atoms with Crippen molar-refractivity contribution in [3.63, 3.8) is 0 Å². The number of benzene rings is 3. The molecule has 0 saturated carbocycles. The van der Waals surface area contributed by atoms with Gasteiger partial charge in [-0.25, -0.2) is 0 Å². The Morgan fingerprint density at radius 2 is 1.50 bits per heavy atom. The SMILES string of the molecule is [CH3][Sn]([CH3])([CH3])[c]1ccc2c(=O)c(Cc3ccc(-c4ccccc4)cc3)coc2c1. The van der Waals surface area contributed by atoms with Crippen molar-refractivity contribution in [1.29, 1.82) is 0 Å². The molecular weight excluding hydrogens is 451 g/mol. The molecule has 0 amide bonds. The van der Waals surface area contributed by atoms with Crippen molar-refractivity contribution in [2.24, 2.45) is 0 Å². The summed E-state index contributed by atoms with van der Waals surface area (Å²) in [5.74, 6) is 0. The molecule has 0 N–H and O–H groups in total. The van der Waals surface area contributed by atoms with Crippen LogP contribution in [0.25, 0.3) is 22.1 Å². The summed E-state index contributed by atoms with van der Waals surface area (Å²) in [5, 5.41) is 0.678. The van der Waals surface area contributed by atoms with Crippen LogP contribution in [0.3, 0.4) is 0 Å². The average molecular weight is 475 g/mol. The molecule has 3 heteroatoms. The first-order chi connectivity index (χ1) is 13.4. The molecule has 0 bridgehead atoms. The van der Waals surface area contributed by atoms with Gasteiger partial charge in [-0.3, -0.25) is 0 Å². The Labute approximate surface area is 169 Å². The molecule has 0 saturated heterocycles. The molecule has 0 atom stereocenters. The summed E-state index contributed by atoms with van der Waals surface area (Å²) in [7, 11) is 0. The molecule has 1 aromatic heterocycles. The molecule has 0 aliphatic carbocycles. The van der Waals surface area contributed by atoms with Crippen molar-refractivity contribution >= 4 is 32.9 Å². The van der Waals surface area contributed by atoms with Crippen molar-refractivity contribution in [3.05, 3.63) is 100 Å². The van der Waals surface area contributed by atoms with E-state index in [1.807, 2.05) is 24.3 Å². The molecule has 140 valence electrons. The van der Waals surface area contributed by atoms with E-state index in [1.165, 1.54) is 14.7 Å². The van der Waals surface area contributed by atoms with Crippen LogP contribution in [-0.2, 0) is 6.42 Å². The summed E-state index contributed by atoms with van der Waals surface area (Å²) in [4.78, 5) is 20.0. The molecule has 4 rings (SSSR count). The summed E-state index contributed by atoms with van der Waals surface area (Å²) in [5.41, 5.74) is 4.96. The van der Waals surface area contributed by atoms with Gasteiger partial charge in [-0.2, -0.15) is 0 Å². The monoisotopic (exact) mass is 476 g/mol. The Morgan fingerprint density at radius 1 is 0.821 bits per heavy atom. The van der Waals surface area contributed by atoms with Crippen LogP contribution < -0.4 is 9.01 Å². The predicted octanol–water partition coefficient (Wildman–Crippen LogP) is 5.60. The molecule has 1 heterocycles. The predicted molar refractivity (Wildman–Crippen MR) is 120 cm³/mol. The molecule has 0 spiro atoms. The summed E-state index contributed by atoms with van der Waals surface area (Å²) < 4.78 is 7.23. The molecule has 2 nitrogen and oxygen atoms in total. The van der Waals surface area contributed by atoms with Gasteiger partial charge in [0.1, 0.15) is 0 Å². The average Bonchev–Trinajstić information content (AvgIpc) is 2.70. The fourth-order valence-electron chi connectivity index (χ4n) is 3.42. The van der Waals surface area contributed by atoms with Gasteiger partial charge in [-0.15, -0.1) is 0 Å². The quantitative estimate of drug-likeness (QED) is 0.360. The molecule has 28 heavy (non-hydrogen) atoms. The third kappa shape index (κ3) is 3.92. The summed E-state index contributed by atoms with van der Waals surface area (Å²) in [6.45, 7) is 0. The molecule has 3 aromatic carbocycles. The van der Waals surface area contributed by atoms with Crippen molar-refractivity contribution in [1.82, 2.24) is 0 Å². The summed E-state index contributed by atoms with van der Waals surface area (Å²) in [6.07, 6.45) is 2.21. The molecular formula is C25H24O2Sn. The molecule has 0 radical (unpaired) electrons. The minimum atomic E-state index is -2.18. The van der Waals surface area contributed by atoms with Crippen LogP contribution in [0.5, 0.6) is 0 Å². The van der Waals surface area contributed by atoms with Gasteiger partial charge in [0.15, 0.2) is 0 Å². The number of fused-ring (bicyclic) bond motifs is 1. The Balaban J connectivity index is 1.63. The van der Waals surface area contributed by atoms with Gasteiger partial charge in [-0.1, -0.05) is 30.3 Å². The van der Waals surface area contributed by atoms with Gasteiger partial charge >= 0.3 is 140 Å². The van der Waals surface area contributed by atoms with Gasteiger partial charge in [0.2, 0.25) is 0 Å². The molecule has 0 aliphatic rings. The van der Waals surface area contributed by atoms with Gasteiger partial charge in [-0.05, 0) is 0 Å². The van der Waals surface area contributed by atoms with Gasteiger partial charge < -0.3 is 0 Å². The topological polar surface area (TPSA) is 30.2 Å². The number of hydrogen-bond acceptors (Lipinski definition) is 2. The molecule has 0 aliphatic heterocycles. The van der Waals surface area contributed by atoms with E-state index in [4.69, 9.17) is 4.42 Å². The van der Waals surface area contributed by atoms with E-state index >= 15 is 0 Å². The Bertz CT molecular complexity index is 1170. The van der Waals surface area contributed by atoms with Crippen LogP contribution in [0.1, 0.15) is 11.1 Å². The molecule has 0 unspecified atom stereocenters. The first kappa shape index (κ1) is 19.0. The van der Waals surface area contributed by atoms with Crippen LogP contribution in [0.2, 0.25) is 14.8 Å². The van der Waals surface area contributed by atoms with E-state index in [1.54, 1.807) is 6.26 Å². The van der Waals surface area contributed by atoms with Crippen LogP contribution in [0, 0.1) is 0 Å². The second-order valence-electron chi connectivity index (χ2n) is 8.29. The number of rotatable bonds is 4. The fourth-order valence-corrected chi connectivity index (χ4v) is 6.70. The van der Waals surface area contributed by atoms with E-state index in [0.717, 1.165) is 5.56 Å². The van der Waals surface area contributed by atoms with Crippen molar-refractivity contribution < 1.29 is 4.42 Å². The standard InChI is InChI=1S/C22H15O2.3CH3.Sn/c23-22-19(15-24-21-9-5-4-8-20(21)22)14-16-10-12-18(13-11-16)17-6-2-1-3-7-17;;;;/h1-4,6-13,15H,14H2;3*1H3;. The Hall–Kier alpha value is -2.33. The molecule has 4 aromatic rings. The first-order valence-corrected chi connectivity index (χ1v) is 19.6. The van der Waals surface area contributed by atoms with E-state index in [9.17, 15) is 4.79 Å². The van der Waals surface area contributed by atoms with Crippen LogP contribution in [0.15, 0.2) is 88.3 Å². The zero-order valence-electron chi connectivity index (χ0n) is 16.5. The van der Waals surface area contributed by atoms with Crippen LogP contribution in [-0.4, -0.2) is 18.4 Å². The minimum absolute atomic E-state index is 0.0732. The fraction of sp³-hybridized carbons (Fsp3) is 0.160. The summed E-state index contributed by atoms with van der Waals surface area (Å²) >= 11 is -2.18. The zero-order valence-corrected chi connectivity index (χ0v) is 19.4. The Morgan fingerprint density at radius 3 is 2.18 bits per heavy atom. The maximum absolute atomic E-state index is 12.9. The van der Waals surface area contributed by atoms with E-state index in [2.05, 4.69) is 63.3 Å².